The molecule has 0 radical (unpaired) electrons. The zero-order valence-corrected chi connectivity index (χ0v) is 35.8. The third kappa shape index (κ3) is 8.84. The summed E-state index contributed by atoms with van der Waals surface area (Å²) < 4.78 is 14.6. The van der Waals surface area contributed by atoms with Crippen LogP contribution in [0.15, 0.2) is 60.9 Å². The van der Waals surface area contributed by atoms with Crippen molar-refractivity contribution in [2.45, 2.75) is 84.0 Å². The third-order valence-corrected chi connectivity index (χ3v) is 12.6. The second kappa shape index (κ2) is 17.8. The van der Waals surface area contributed by atoms with E-state index >= 15 is 0 Å². The number of H-pyrrole nitrogens is 2. The molecule has 16 heteroatoms. The van der Waals surface area contributed by atoms with E-state index in [1.807, 2.05) is 52.0 Å². The van der Waals surface area contributed by atoms with Crippen molar-refractivity contribution in [2.24, 2.45) is 23.2 Å². The number of imidazole rings is 2. The highest BCUT2D eigenvalue weighted by molar-refractivity contribution is 5.87. The molecular weight excluding hydrogens is 781 g/mol. The molecule has 324 valence electrons. The van der Waals surface area contributed by atoms with Gasteiger partial charge in [-0.3, -0.25) is 14.4 Å². The van der Waals surface area contributed by atoms with Crippen molar-refractivity contribution in [1.82, 2.24) is 40.4 Å². The van der Waals surface area contributed by atoms with Gasteiger partial charge in [0.05, 0.1) is 63.1 Å². The summed E-state index contributed by atoms with van der Waals surface area (Å²) in [6, 6.07) is 14.3. The molecule has 2 aromatic carbocycles. The largest absolute Gasteiger partial charge is 0.469 e. The number of alkyl carbamates (subject to hydrolysis) is 2. The minimum atomic E-state index is -0.795. The van der Waals surface area contributed by atoms with Crippen LogP contribution in [0.5, 0.6) is 0 Å². The van der Waals surface area contributed by atoms with Crippen LogP contribution in [0.3, 0.4) is 0 Å². The minimum Gasteiger partial charge on any atom is -0.469 e. The average molecular weight is 837 g/mol. The lowest BCUT2D eigenvalue weighted by Crippen LogP contribution is -2.52. The Balaban J connectivity index is 1.04. The molecule has 1 aliphatic carbocycles. The van der Waals surface area contributed by atoms with E-state index in [1.165, 1.54) is 21.3 Å². The predicted octanol–water partition coefficient (Wildman–Crippen LogP) is 6.40. The second-order valence-electron chi connectivity index (χ2n) is 17.2. The Labute approximate surface area is 355 Å². The molecule has 4 atom stereocenters. The number of nitrogens with zero attached hydrogens (tertiary/aromatic N) is 4. The van der Waals surface area contributed by atoms with Gasteiger partial charge in [-0.25, -0.2) is 19.6 Å². The fourth-order valence-electron chi connectivity index (χ4n) is 9.21. The number of esters is 1. The molecule has 4 aromatic rings. The molecule has 1 spiro atoms. The molecule has 1 unspecified atom stereocenters. The molecule has 3 fully saturated rings. The van der Waals surface area contributed by atoms with Gasteiger partial charge in [-0.1, -0.05) is 76.2 Å². The van der Waals surface area contributed by atoms with E-state index in [9.17, 15) is 24.0 Å². The lowest BCUT2D eigenvalue weighted by Gasteiger charge is -2.43. The summed E-state index contributed by atoms with van der Waals surface area (Å²) in [7, 11) is 3.95. The molecule has 4 N–H and O–H groups in total. The van der Waals surface area contributed by atoms with Crippen molar-refractivity contribution >= 4 is 30.0 Å². The zero-order chi connectivity index (χ0) is 43.6. The van der Waals surface area contributed by atoms with E-state index in [0.29, 0.717) is 44.0 Å². The van der Waals surface area contributed by atoms with Gasteiger partial charge in [0.2, 0.25) is 11.8 Å². The van der Waals surface area contributed by atoms with Crippen LogP contribution in [-0.4, -0.2) is 106 Å². The minimum absolute atomic E-state index is 0.117. The fourth-order valence-corrected chi connectivity index (χ4v) is 9.21. The molecule has 4 heterocycles. The summed E-state index contributed by atoms with van der Waals surface area (Å²) in [5.74, 6) is 0.235. The molecule has 2 aliphatic heterocycles. The van der Waals surface area contributed by atoms with E-state index < -0.39 is 24.3 Å². The van der Waals surface area contributed by atoms with Gasteiger partial charge in [-0.2, -0.15) is 0 Å². The first-order chi connectivity index (χ1) is 29.2. The Bertz CT molecular complexity index is 2230. The van der Waals surface area contributed by atoms with Crippen molar-refractivity contribution in [3.05, 3.63) is 72.6 Å². The van der Waals surface area contributed by atoms with Crippen LogP contribution in [0.25, 0.3) is 33.6 Å². The van der Waals surface area contributed by atoms with Crippen molar-refractivity contribution in [3.63, 3.8) is 0 Å². The zero-order valence-electron chi connectivity index (χ0n) is 35.8. The Hall–Kier alpha value is -6.19. The van der Waals surface area contributed by atoms with Gasteiger partial charge in [0, 0.05) is 13.1 Å². The summed E-state index contributed by atoms with van der Waals surface area (Å²) in [5.41, 5.74) is 5.33. The standard InChI is InChI=1S/C45H56N8O8/c1-25(2)36(50-43(57)60-6)40(54)52-18-8-9-34(52)38-46-22-32(48-38)29-14-10-27(11-15-29)28-12-16-30(17-13-28)33-23-47-39(49-33)35-21-45(19-31(20-45)42(56)59-5)24-53(35)41(55)37(26(3)4)51-44(58)61-7/h10-17,22-23,25-26,31,34-37H,8-9,18-21,24H2,1-7H3,(H,46,48)(H,47,49)(H,50,57)(H,51,58)/t31?,34-,35?,36-,37-,45?/m0/s1. The maximum atomic E-state index is 14.1. The number of carbonyl (C=O) groups is 5. The third-order valence-electron chi connectivity index (χ3n) is 12.6. The Morgan fingerprint density at radius 3 is 1.57 bits per heavy atom. The maximum Gasteiger partial charge on any atom is 0.407 e. The normalized spacial score (nSPS) is 21.9. The van der Waals surface area contributed by atoms with E-state index in [-0.39, 0.29) is 53.0 Å². The number of benzene rings is 2. The maximum absolute atomic E-state index is 14.1. The first kappa shape index (κ1) is 42.9. The van der Waals surface area contributed by atoms with Crippen LogP contribution in [0.1, 0.15) is 83.5 Å². The van der Waals surface area contributed by atoms with Crippen LogP contribution < -0.4 is 10.6 Å². The number of hydrogen-bond acceptors (Lipinski definition) is 10. The number of hydrogen-bond donors (Lipinski definition) is 4. The highest BCUT2D eigenvalue weighted by Gasteiger charge is 2.57. The van der Waals surface area contributed by atoms with Gasteiger partial charge in [0.15, 0.2) is 0 Å². The molecule has 61 heavy (non-hydrogen) atoms. The van der Waals surface area contributed by atoms with Crippen LogP contribution in [-0.2, 0) is 28.6 Å². The Morgan fingerprint density at radius 2 is 1.11 bits per heavy atom. The monoisotopic (exact) mass is 836 g/mol. The first-order valence-electron chi connectivity index (χ1n) is 20.9. The lowest BCUT2D eigenvalue weighted by molar-refractivity contribution is -0.153. The molecule has 2 saturated heterocycles. The summed E-state index contributed by atoms with van der Waals surface area (Å²) >= 11 is 0. The van der Waals surface area contributed by atoms with E-state index in [0.717, 1.165) is 46.5 Å². The van der Waals surface area contributed by atoms with Gasteiger partial charge in [-0.15, -0.1) is 0 Å². The molecule has 1 saturated carbocycles. The average Bonchev–Trinajstić information content (AvgIpc) is 4.09. The molecular formula is C45H56N8O8. The van der Waals surface area contributed by atoms with Crippen LogP contribution in [0.2, 0.25) is 0 Å². The Kier molecular flexibility index (Phi) is 12.5. The predicted molar refractivity (Wildman–Crippen MR) is 225 cm³/mol. The number of carbonyl (C=O) groups excluding carboxylic acids is 5. The molecule has 0 bridgehead atoms. The van der Waals surface area contributed by atoms with E-state index in [4.69, 9.17) is 19.2 Å². The first-order valence-corrected chi connectivity index (χ1v) is 20.9. The van der Waals surface area contributed by atoms with Gasteiger partial charge < -0.3 is 44.6 Å². The lowest BCUT2D eigenvalue weighted by atomic mass is 9.61. The van der Waals surface area contributed by atoms with Gasteiger partial charge in [-0.05, 0) is 71.6 Å². The van der Waals surface area contributed by atoms with Crippen molar-refractivity contribution in [3.8, 4) is 33.6 Å². The molecule has 16 nitrogen and oxygen atoms in total. The highest BCUT2D eigenvalue weighted by atomic mass is 16.5. The summed E-state index contributed by atoms with van der Waals surface area (Å²) in [6.07, 6.45) is 5.73. The number of amides is 4. The molecule has 3 aliphatic rings. The van der Waals surface area contributed by atoms with Crippen LogP contribution in [0.4, 0.5) is 9.59 Å². The second-order valence-corrected chi connectivity index (χ2v) is 17.2. The SMILES string of the molecule is COC(=O)N[C@H](C(=O)N1CC2(CC(C(=O)OC)C2)CC1c1ncc(-c2ccc(-c3ccc(-c4cnc([C@@H]5CCCN5C(=O)[C@@H](NC(=O)OC)C(C)C)[nH]4)cc3)cc2)[nH]1)C(C)C. The van der Waals surface area contributed by atoms with Crippen LogP contribution in [0, 0.1) is 23.2 Å². The van der Waals surface area contributed by atoms with Crippen molar-refractivity contribution in [2.75, 3.05) is 34.4 Å². The quantitative estimate of drug-likeness (QED) is 0.0914. The van der Waals surface area contributed by atoms with Crippen molar-refractivity contribution < 1.29 is 38.2 Å². The van der Waals surface area contributed by atoms with E-state index in [2.05, 4.69) is 49.9 Å². The number of aromatic nitrogens is 4. The number of likely N-dealkylation sites (tertiary alicyclic amines) is 2. The van der Waals surface area contributed by atoms with Gasteiger partial charge >= 0.3 is 18.2 Å². The molecule has 7 rings (SSSR count). The number of rotatable bonds is 12. The molecule has 4 amide bonds. The van der Waals surface area contributed by atoms with E-state index in [1.54, 1.807) is 22.2 Å². The van der Waals surface area contributed by atoms with Crippen LogP contribution >= 0.6 is 0 Å². The number of methoxy groups -OCH3 is 3. The summed E-state index contributed by atoms with van der Waals surface area (Å²) in [6.45, 7) is 8.57. The fraction of sp³-hybridized carbons (Fsp3) is 0.489. The van der Waals surface area contributed by atoms with Gasteiger partial charge in [0.25, 0.3) is 0 Å². The summed E-state index contributed by atoms with van der Waals surface area (Å²) in [5, 5.41) is 5.41. The molecule has 2 aromatic heterocycles. The van der Waals surface area contributed by atoms with Crippen molar-refractivity contribution in [1.29, 1.82) is 0 Å². The smallest absolute Gasteiger partial charge is 0.407 e. The number of aromatic amines is 2. The number of ether oxygens (including phenoxy) is 3. The highest BCUT2D eigenvalue weighted by Crippen LogP contribution is 2.57. The topological polar surface area (TPSA) is 201 Å². The summed E-state index contributed by atoms with van der Waals surface area (Å²) in [4.78, 5) is 84.2. The Morgan fingerprint density at radius 1 is 0.656 bits per heavy atom. The number of nitrogens with one attached hydrogen (secondary N) is 4. The van der Waals surface area contributed by atoms with Gasteiger partial charge in [0.1, 0.15) is 23.7 Å².